The van der Waals surface area contributed by atoms with E-state index in [-0.39, 0.29) is 6.04 Å². The van der Waals surface area contributed by atoms with Gasteiger partial charge in [-0.1, -0.05) is 19.3 Å². The number of rotatable bonds is 5. The highest BCUT2D eigenvalue weighted by molar-refractivity contribution is 5.86. The second kappa shape index (κ2) is 4.94. The van der Waals surface area contributed by atoms with Crippen LogP contribution < -0.4 is 5.43 Å². The minimum atomic E-state index is 0.142. The van der Waals surface area contributed by atoms with Crippen LogP contribution in [0.5, 0.6) is 0 Å². The second-order valence-corrected chi connectivity index (χ2v) is 5.75. The van der Waals surface area contributed by atoms with Crippen LogP contribution in [0.4, 0.5) is 0 Å². The molecule has 17 heavy (non-hydrogen) atoms. The van der Waals surface area contributed by atoms with E-state index in [1.54, 1.807) is 0 Å². The normalized spacial score (nSPS) is 30.5. The molecule has 1 amide bonds. The maximum Gasteiger partial charge on any atom is 0.255 e. The molecular formula is C13H23N3O. The Morgan fingerprint density at radius 3 is 2.53 bits per heavy atom. The zero-order chi connectivity index (χ0) is 11.7. The second-order valence-electron chi connectivity index (χ2n) is 5.75. The quantitative estimate of drug-likeness (QED) is 0.774. The van der Waals surface area contributed by atoms with Gasteiger partial charge in [0.25, 0.3) is 5.91 Å². The van der Waals surface area contributed by atoms with Gasteiger partial charge in [0.05, 0.1) is 6.54 Å². The number of carbonyl (C=O) groups is 1. The summed E-state index contributed by atoms with van der Waals surface area (Å²) in [5.41, 5.74) is 3.30. The molecule has 0 radical (unpaired) electrons. The molecule has 2 heterocycles. The van der Waals surface area contributed by atoms with Crippen molar-refractivity contribution in [3.63, 3.8) is 0 Å². The van der Waals surface area contributed by atoms with Crippen LogP contribution in [0.25, 0.3) is 0 Å². The molecule has 0 aromatic rings. The fraction of sp³-hybridized carbons (Fsp3) is 0.923. The summed E-state index contributed by atoms with van der Waals surface area (Å²) in [5, 5.41) is 1.82. The smallest absolute Gasteiger partial charge is 0.255 e. The molecule has 1 unspecified atom stereocenters. The summed E-state index contributed by atoms with van der Waals surface area (Å²) in [4.78, 5) is 14.3. The van der Waals surface area contributed by atoms with Gasteiger partial charge in [-0.15, -0.1) is 0 Å². The summed E-state index contributed by atoms with van der Waals surface area (Å²) in [6.45, 7) is 4.33. The minimum Gasteiger partial charge on any atom is -0.302 e. The predicted molar refractivity (Wildman–Crippen MR) is 66.3 cm³/mol. The molecule has 1 saturated carbocycles. The van der Waals surface area contributed by atoms with Crippen LogP contribution in [-0.2, 0) is 4.79 Å². The van der Waals surface area contributed by atoms with E-state index in [4.69, 9.17) is 0 Å². The molecule has 3 fully saturated rings. The Labute approximate surface area is 103 Å². The van der Waals surface area contributed by atoms with Gasteiger partial charge >= 0.3 is 0 Å². The first kappa shape index (κ1) is 11.5. The highest BCUT2D eigenvalue weighted by atomic mass is 16.2. The number of nitrogens with one attached hydrogen (secondary N) is 1. The van der Waals surface area contributed by atoms with Gasteiger partial charge in [-0.25, -0.2) is 5.43 Å². The Morgan fingerprint density at radius 2 is 1.88 bits per heavy atom. The molecule has 2 saturated heterocycles. The van der Waals surface area contributed by atoms with E-state index in [0.29, 0.717) is 5.91 Å². The number of piperidine rings is 1. The zero-order valence-electron chi connectivity index (χ0n) is 10.5. The van der Waals surface area contributed by atoms with Gasteiger partial charge in [0.15, 0.2) is 0 Å². The number of amides is 1. The van der Waals surface area contributed by atoms with Gasteiger partial charge in [0.2, 0.25) is 0 Å². The number of nitrogens with zero attached hydrogens (tertiary/aromatic N) is 2. The van der Waals surface area contributed by atoms with Crippen molar-refractivity contribution in [1.29, 1.82) is 0 Å². The number of hydrazine groups is 1. The van der Waals surface area contributed by atoms with Crippen molar-refractivity contribution in [3.8, 4) is 0 Å². The van der Waals surface area contributed by atoms with E-state index in [1.807, 2.05) is 5.01 Å². The van der Waals surface area contributed by atoms with Crippen LogP contribution in [0.3, 0.4) is 0 Å². The fourth-order valence-electron chi connectivity index (χ4n) is 2.87. The van der Waals surface area contributed by atoms with E-state index in [0.717, 1.165) is 25.4 Å². The Morgan fingerprint density at radius 1 is 1.12 bits per heavy atom. The third kappa shape index (κ3) is 2.80. The van der Waals surface area contributed by atoms with Crippen LogP contribution in [0, 0.1) is 5.92 Å². The number of hydrogen-bond acceptors (Lipinski definition) is 3. The van der Waals surface area contributed by atoms with Crippen molar-refractivity contribution in [2.75, 3.05) is 26.2 Å². The van der Waals surface area contributed by atoms with Gasteiger partial charge in [-0.05, 0) is 38.3 Å². The van der Waals surface area contributed by atoms with Gasteiger partial charge in [0.1, 0.15) is 6.04 Å². The summed E-state index contributed by atoms with van der Waals surface area (Å²) >= 11 is 0. The highest BCUT2D eigenvalue weighted by Crippen LogP contribution is 2.35. The molecule has 1 N–H and O–H groups in total. The summed E-state index contributed by atoms with van der Waals surface area (Å²) in [5.74, 6) is 1.16. The summed E-state index contributed by atoms with van der Waals surface area (Å²) in [6, 6.07) is 0.142. The standard InChI is InChI=1S/C13H23N3O/c17-13-12(10-11-4-5-11)14-16(13)9-8-15-6-2-1-3-7-15/h11-12,14H,1-10H2. The van der Waals surface area contributed by atoms with Crippen LogP contribution in [-0.4, -0.2) is 48.0 Å². The molecule has 0 bridgehead atoms. The lowest BCUT2D eigenvalue weighted by Crippen LogP contribution is -2.67. The lowest BCUT2D eigenvalue weighted by atomic mass is 10.1. The Kier molecular flexibility index (Phi) is 3.34. The van der Waals surface area contributed by atoms with Crippen molar-refractivity contribution >= 4 is 5.91 Å². The summed E-state index contributed by atoms with van der Waals surface area (Å²) < 4.78 is 0. The first-order valence-electron chi connectivity index (χ1n) is 7.13. The predicted octanol–water partition coefficient (Wildman–Crippen LogP) is 0.988. The first-order chi connectivity index (χ1) is 8.33. The third-order valence-electron chi connectivity index (χ3n) is 4.23. The van der Waals surface area contributed by atoms with E-state index < -0.39 is 0 Å². The van der Waals surface area contributed by atoms with Crippen LogP contribution in [0.1, 0.15) is 38.5 Å². The molecule has 96 valence electrons. The molecule has 1 aliphatic carbocycles. The molecule has 0 spiro atoms. The van der Waals surface area contributed by atoms with Gasteiger partial charge in [-0.3, -0.25) is 9.80 Å². The highest BCUT2D eigenvalue weighted by Gasteiger charge is 2.39. The SMILES string of the molecule is O=C1C(CC2CC2)NN1CCN1CCCCC1. The number of hydrogen-bond donors (Lipinski definition) is 1. The van der Waals surface area contributed by atoms with E-state index >= 15 is 0 Å². The maximum atomic E-state index is 11.8. The minimum absolute atomic E-state index is 0.142. The van der Waals surface area contributed by atoms with Crippen molar-refractivity contribution in [1.82, 2.24) is 15.3 Å². The van der Waals surface area contributed by atoms with Crippen molar-refractivity contribution in [2.45, 2.75) is 44.6 Å². The molecule has 3 rings (SSSR count). The molecular weight excluding hydrogens is 214 g/mol. The van der Waals surface area contributed by atoms with Crippen LogP contribution >= 0.6 is 0 Å². The van der Waals surface area contributed by atoms with Crippen molar-refractivity contribution in [3.05, 3.63) is 0 Å². The maximum absolute atomic E-state index is 11.8. The van der Waals surface area contributed by atoms with Crippen LogP contribution in [0.2, 0.25) is 0 Å². The van der Waals surface area contributed by atoms with Gasteiger partial charge < -0.3 is 4.90 Å². The zero-order valence-corrected chi connectivity index (χ0v) is 10.5. The number of likely N-dealkylation sites (tertiary alicyclic amines) is 1. The number of carbonyl (C=O) groups excluding carboxylic acids is 1. The molecule has 0 aromatic heterocycles. The molecule has 4 nitrogen and oxygen atoms in total. The van der Waals surface area contributed by atoms with E-state index in [1.165, 1.54) is 45.2 Å². The molecule has 1 atom stereocenters. The largest absolute Gasteiger partial charge is 0.302 e. The fourth-order valence-corrected chi connectivity index (χ4v) is 2.87. The summed E-state index contributed by atoms with van der Waals surface area (Å²) in [7, 11) is 0. The Balaban J connectivity index is 1.34. The lowest BCUT2D eigenvalue weighted by molar-refractivity contribution is -0.153. The van der Waals surface area contributed by atoms with Crippen molar-refractivity contribution < 1.29 is 4.79 Å². The van der Waals surface area contributed by atoms with E-state index in [2.05, 4.69) is 10.3 Å². The third-order valence-corrected chi connectivity index (χ3v) is 4.23. The molecule has 3 aliphatic rings. The van der Waals surface area contributed by atoms with Gasteiger partial charge in [0, 0.05) is 6.54 Å². The monoisotopic (exact) mass is 237 g/mol. The molecule has 2 aliphatic heterocycles. The van der Waals surface area contributed by atoms with Crippen LogP contribution in [0.15, 0.2) is 0 Å². The lowest BCUT2D eigenvalue weighted by Gasteiger charge is -2.41. The first-order valence-corrected chi connectivity index (χ1v) is 7.13. The topological polar surface area (TPSA) is 35.6 Å². The summed E-state index contributed by atoms with van der Waals surface area (Å²) in [6.07, 6.45) is 7.76. The van der Waals surface area contributed by atoms with Gasteiger partial charge in [-0.2, -0.15) is 0 Å². The average Bonchev–Trinajstić information content (AvgIpc) is 3.17. The molecule has 0 aromatic carbocycles. The van der Waals surface area contributed by atoms with E-state index in [9.17, 15) is 4.79 Å². The molecule has 4 heteroatoms. The Hall–Kier alpha value is -0.610. The van der Waals surface area contributed by atoms with Crippen molar-refractivity contribution in [2.24, 2.45) is 5.92 Å². The average molecular weight is 237 g/mol. The Bertz CT molecular complexity index is 284.